The second-order valence-corrected chi connectivity index (χ2v) is 6.19. The van der Waals surface area contributed by atoms with E-state index in [1.54, 1.807) is 0 Å². The molecule has 0 saturated carbocycles. The van der Waals surface area contributed by atoms with Gasteiger partial charge in [0.15, 0.2) is 0 Å². The molecule has 1 fully saturated rings. The van der Waals surface area contributed by atoms with Crippen LogP contribution < -0.4 is 4.74 Å². The highest BCUT2D eigenvalue weighted by Gasteiger charge is 2.32. The average molecular weight is 327 g/mol. The fourth-order valence-electron chi connectivity index (χ4n) is 3.35. The van der Waals surface area contributed by atoms with Crippen LogP contribution in [0.5, 0.6) is 5.75 Å². The largest absolute Gasteiger partial charge is 0.487 e. The van der Waals surface area contributed by atoms with Gasteiger partial charge in [0, 0.05) is 25.8 Å². The SMILES string of the molecule is O=C1c2cc(COc3ccccc3)nn2CCN1C1CCOCC1. The molecule has 126 valence electrons. The van der Waals surface area contributed by atoms with Crippen molar-refractivity contribution in [2.75, 3.05) is 19.8 Å². The number of aromatic nitrogens is 2. The first-order valence-electron chi connectivity index (χ1n) is 8.44. The van der Waals surface area contributed by atoms with Crippen LogP contribution in [0, 0.1) is 0 Å². The molecule has 24 heavy (non-hydrogen) atoms. The fraction of sp³-hybridized carbons (Fsp3) is 0.444. The van der Waals surface area contributed by atoms with E-state index < -0.39 is 0 Å². The van der Waals surface area contributed by atoms with Crippen molar-refractivity contribution < 1.29 is 14.3 Å². The molecule has 2 aliphatic heterocycles. The molecule has 0 spiro atoms. The lowest BCUT2D eigenvalue weighted by Gasteiger charge is -2.36. The van der Waals surface area contributed by atoms with Gasteiger partial charge in [-0.15, -0.1) is 0 Å². The fourth-order valence-corrected chi connectivity index (χ4v) is 3.35. The van der Waals surface area contributed by atoms with E-state index in [1.165, 1.54) is 0 Å². The summed E-state index contributed by atoms with van der Waals surface area (Å²) in [4.78, 5) is 14.8. The summed E-state index contributed by atoms with van der Waals surface area (Å²) in [6.45, 7) is 3.31. The first kappa shape index (κ1) is 15.2. The lowest BCUT2D eigenvalue weighted by atomic mass is 10.1. The molecular formula is C18H21N3O3. The van der Waals surface area contributed by atoms with E-state index in [0.717, 1.165) is 50.6 Å². The van der Waals surface area contributed by atoms with Crippen molar-refractivity contribution in [2.24, 2.45) is 0 Å². The highest BCUT2D eigenvalue weighted by Crippen LogP contribution is 2.22. The zero-order valence-electron chi connectivity index (χ0n) is 13.6. The van der Waals surface area contributed by atoms with Crippen molar-refractivity contribution in [1.82, 2.24) is 14.7 Å². The zero-order chi connectivity index (χ0) is 16.4. The number of hydrogen-bond acceptors (Lipinski definition) is 4. The third-order valence-electron chi connectivity index (χ3n) is 4.62. The molecule has 0 radical (unpaired) electrons. The average Bonchev–Trinajstić information content (AvgIpc) is 3.06. The van der Waals surface area contributed by atoms with Crippen LogP contribution in [-0.2, 0) is 17.9 Å². The van der Waals surface area contributed by atoms with Gasteiger partial charge in [-0.2, -0.15) is 5.10 Å². The molecule has 1 saturated heterocycles. The number of rotatable bonds is 4. The molecular weight excluding hydrogens is 306 g/mol. The molecule has 1 amide bonds. The Balaban J connectivity index is 1.45. The van der Waals surface area contributed by atoms with Crippen LogP contribution >= 0.6 is 0 Å². The highest BCUT2D eigenvalue weighted by molar-refractivity contribution is 5.93. The molecule has 0 atom stereocenters. The molecule has 6 heteroatoms. The Kier molecular flexibility index (Phi) is 4.21. The summed E-state index contributed by atoms with van der Waals surface area (Å²) in [5.41, 5.74) is 1.45. The van der Waals surface area contributed by atoms with Crippen molar-refractivity contribution in [3.05, 3.63) is 47.8 Å². The minimum atomic E-state index is 0.0756. The summed E-state index contributed by atoms with van der Waals surface area (Å²) in [6.07, 6.45) is 1.84. The van der Waals surface area contributed by atoms with Crippen molar-refractivity contribution in [2.45, 2.75) is 32.0 Å². The van der Waals surface area contributed by atoms with E-state index in [1.807, 2.05) is 46.0 Å². The van der Waals surface area contributed by atoms with Crippen LogP contribution in [0.2, 0.25) is 0 Å². The van der Waals surface area contributed by atoms with Crippen molar-refractivity contribution in [3.8, 4) is 5.75 Å². The zero-order valence-corrected chi connectivity index (χ0v) is 13.6. The van der Waals surface area contributed by atoms with Gasteiger partial charge in [0.05, 0.1) is 6.54 Å². The van der Waals surface area contributed by atoms with Gasteiger partial charge in [0.1, 0.15) is 23.7 Å². The maximum absolute atomic E-state index is 12.8. The number of ether oxygens (including phenoxy) is 2. The van der Waals surface area contributed by atoms with Gasteiger partial charge in [0.25, 0.3) is 5.91 Å². The molecule has 2 aromatic rings. The molecule has 0 bridgehead atoms. The predicted octanol–water partition coefficient (Wildman–Crippen LogP) is 2.10. The lowest BCUT2D eigenvalue weighted by molar-refractivity contribution is 0.0236. The number of para-hydroxylation sites is 1. The predicted molar refractivity (Wildman–Crippen MR) is 87.9 cm³/mol. The molecule has 1 aromatic carbocycles. The highest BCUT2D eigenvalue weighted by atomic mass is 16.5. The van der Waals surface area contributed by atoms with E-state index in [-0.39, 0.29) is 5.91 Å². The monoisotopic (exact) mass is 327 g/mol. The van der Waals surface area contributed by atoms with Gasteiger partial charge in [-0.05, 0) is 31.0 Å². The maximum atomic E-state index is 12.8. The number of fused-ring (bicyclic) bond motifs is 1. The second kappa shape index (κ2) is 6.65. The summed E-state index contributed by atoms with van der Waals surface area (Å²) < 4.78 is 12.9. The van der Waals surface area contributed by atoms with Crippen molar-refractivity contribution >= 4 is 5.91 Å². The number of nitrogens with zero attached hydrogens (tertiary/aromatic N) is 3. The van der Waals surface area contributed by atoms with E-state index in [0.29, 0.717) is 18.3 Å². The molecule has 1 aromatic heterocycles. The minimum absolute atomic E-state index is 0.0756. The first-order valence-corrected chi connectivity index (χ1v) is 8.44. The quantitative estimate of drug-likeness (QED) is 0.863. The molecule has 0 N–H and O–H groups in total. The number of carbonyl (C=O) groups is 1. The summed E-state index contributed by atoms with van der Waals surface area (Å²) in [7, 11) is 0. The molecule has 0 unspecified atom stereocenters. The molecule has 0 aliphatic carbocycles. The number of amides is 1. The van der Waals surface area contributed by atoms with Gasteiger partial charge >= 0.3 is 0 Å². The minimum Gasteiger partial charge on any atom is -0.487 e. The van der Waals surface area contributed by atoms with Crippen LogP contribution in [0.4, 0.5) is 0 Å². The smallest absolute Gasteiger partial charge is 0.272 e. The van der Waals surface area contributed by atoms with Crippen LogP contribution in [0.15, 0.2) is 36.4 Å². The number of carbonyl (C=O) groups excluding carboxylic acids is 1. The van der Waals surface area contributed by atoms with Crippen LogP contribution in [0.1, 0.15) is 29.0 Å². The van der Waals surface area contributed by atoms with Crippen molar-refractivity contribution in [1.29, 1.82) is 0 Å². The normalized spacial score (nSPS) is 18.5. The molecule has 4 rings (SSSR count). The Hall–Kier alpha value is -2.34. The Morgan fingerprint density at radius 3 is 2.75 bits per heavy atom. The molecule has 6 nitrogen and oxygen atoms in total. The van der Waals surface area contributed by atoms with Gasteiger partial charge < -0.3 is 14.4 Å². The second-order valence-electron chi connectivity index (χ2n) is 6.19. The van der Waals surface area contributed by atoms with Crippen LogP contribution in [0.3, 0.4) is 0 Å². The van der Waals surface area contributed by atoms with E-state index in [9.17, 15) is 4.79 Å². The number of benzene rings is 1. The molecule has 2 aliphatic rings. The van der Waals surface area contributed by atoms with Crippen LogP contribution in [0.25, 0.3) is 0 Å². The van der Waals surface area contributed by atoms with E-state index >= 15 is 0 Å². The van der Waals surface area contributed by atoms with E-state index in [4.69, 9.17) is 9.47 Å². The van der Waals surface area contributed by atoms with Gasteiger partial charge in [-0.3, -0.25) is 9.48 Å². The van der Waals surface area contributed by atoms with Crippen molar-refractivity contribution in [3.63, 3.8) is 0 Å². The van der Waals surface area contributed by atoms with Gasteiger partial charge in [0.2, 0.25) is 0 Å². The van der Waals surface area contributed by atoms with E-state index in [2.05, 4.69) is 5.10 Å². The lowest BCUT2D eigenvalue weighted by Crippen LogP contribution is -2.48. The Labute approximate surface area is 141 Å². The third-order valence-corrected chi connectivity index (χ3v) is 4.62. The standard InChI is InChI=1S/C18H21N3O3/c22-18-17-12-14(13-24-16-4-2-1-3-5-16)19-21(17)9-8-20(18)15-6-10-23-11-7-15/h1-5,12,15H,6-11,13H2. The molecule has 3 heterocycles. The summed E-state index contributed by atoms with van der Waals surface area (Å²) in [6, 6.07) is 11.8. The maximum Gasteiger partial charge on any atom is 0.272 e. The summed E-state index contributed by atoms with van der Waals surface area (Å²) in [5.74, 6) is 0.880. The summed E-state index contributed by atoms with van der Waals surface area (Å²) in [5, 5.41) is 4.52. The van der Waals surface area contributed by atoms with Crippen LogP contribution in [-0.4, -0.2) is 46.4 Å². The Bertz CT molecular complexity index is 708. The Morgan fingerprint density at radius 1 is 1.17 bits per heavy atom. The summed E-state index contributed by atoms with van der Waals surface area (Å²) >= 11 is 0. The number of hydrogen-bond donors (Lipinski definition) is 0. The Morgan fingerprint density at radius 2 is 1.96 bits per heavy atom. The third kappa shape index (κ3) is 3.01. The van der Waals surface area contributed by atoms with Gasteiger partial charge in [-0.1, -0.05) is 18.2 Å². The first-order chi connectivity index (χ1) is 11.8. The van der Waals surface area contributed by atoms with Gasteiger partial charge in [-0.25, -0.2) is 0 Å². The topological polar surface area (TPSA) is 56.6 Å².